The van der Waals surface area contributed by atoms with Gasteiger partial charge in [0, 0.05) is 34.7 Å². The van der Waals surface area contributed by atoms with Crippen LogP contribution in [0.1, 0.15) is 32.1 Å². The molecule has 0 aromatic heterocycles. The molecule has 0 spiro atoms. The van der Waals surface area contributed by atoms with E-state index >= 15 is 0 Å². The molecule has 2 unspecified atom stereocenters. The zero-order chi connectivity index (χ0) is 14.3. The lowest BCUT2D eigenvalue weighted by Crippen LogP contribution is -2.55. The molecule has 20 heavy (non-hydrogen) atoms. The van der Waals surface area contributed by atoms with Crippen LogP contribution in [0.2, 0.25) is 0 Å². The van der Waals surface area contributed by atoms with Gasteiger partial charge in [-0.25, -0.2) is 0 Å². The van der Waals surface area contributed by atoms with E-state index in [1.165, 1.54) is 6.42 Å². The monoisotopic (exact) mass is 339 g/mol. The zero-order valence-electron chi connectivity index (χ0n) is 11.2. The number of rotatable bonds is 2. The molecule has 2 aliphatic heterocycles. The number of piperidine rings is 2. The van der Waals surface area contributed by atoms with Gasteiger partial charge in [0.25, 0.3) is 5.69 Å². The quantitative estimate of drug-likeness (QED) is 0.663. The van der Waals surface area contributed by atoms with Crippen molar-refractivity contribution in [2.45, 2.75) is 50.2 Å². The summed E-state index contributed by atoms with van der Waals surface area (Å²) in [5, 5.41) is 11.0. The number of halogens is 1. The minimum absolute atomic E-state index is 0.149. The molecule has 2 N–H and O–H groups in total. The number of nitro groups is 1. The van der Waals surface area contributed by atoms with E-state index in [0.717, 1.165) is 35.8 Å². The number of nitrogens with zero attached hydrogens (tertiary/aromatic N) is 2. The second-order valence-corrected chi connectivity index (χ2v) is 6.62. The van der Waals surface area contributed by atoms with Crippen molar-refractivity contribution in [1.29, 1.82) is 0 Å². The van der Waals surface area contributed by atoms with E-state index in [1.54, 1.807) is 18.2 Å². The van der Waals surface area contributed by atoms with Gasteiger partial charge >= 0.3 is 0 Å². The van der Waals surface area contributed by atoms with E-state index in [2.05, 4.69) is 20.8 Å². The Labute approximate surface area is 126 Å². The molecule has 2 fully saturated rings. The average molecular weight is 340 g/mol. The molecule has 0 saturated carbocycles. The number of hydrogen-bond donors (Lipinski definition) is 1. The van der Waals surface area contributed by atoms with E-state index in [0.29, 0.717) is 12.1 Å². The summed E-state index contributed by atoms with van der Waals surface area (Å²) in [5.41, 5.74) is 7.23. The van der Waals surface area contributed by atoms with Gasteiger partial charge in [0.1, 0.15) is 0 Å². The minimum atomic E-state index is -0.332. The third kappa shape index (κ3) is 2.42. The van der Waals surface area contributed by atoms with Gasteiger partial charge in [0.2, 0.25) is 0 Å². The van der Waals surface area contributed by atoms with Gasteiger partial charge in [0.15, 0.2) is 0 Å². The normalized spacial score (nSPS) is 29.3. The van der Waals surface area contributed by atoms with Crippen LogP contribution >= 0.6 is 15.9 Å². The van der Waals surface area contributed by atoms with Gasteiger partial charge < -0.3 is 10.6 Å². The molecule has 2 bridgehead atoms. The Morgan fingerprint density at radius 2 is 1.95 bits per heavy atom. The number of hydrogen-bond acceptors (Lipinski definition) is 4. The Bertz CT molecular complexity index is 523. The highest BCUT2D eigenvalue weighted by molar-refractivity contribution is 9.10. The smallest absolute Gasteiger partial charge is 0.271 e. The Kier molecular flexibility index (Phi) is 3.69. The first-order chi connectivity index (χ1) is 9.56. The third-order valence-corrected chi connectivity index (χ3v) is 5.10. The van der Waals surface area contributed by atoms with Gasteiger partial charge in [-0.3, -0.25) is 10.1 Å². The van der Waals surface area contributed by atoms with Gasteiger partial charge in [-0.15, -0.1) is 0 Å². The Hall–Kier alpha value is -1.14. The molecule has 2 atom stereocenters. The second kappa shape index (κ2) is 5.33. The molecule has 5 nitrogen and oxygen atoms in total. The van der Waals surface area contributed by atoms with Crippen molar-refractivity contribution in [1.82, 2.24) is 0 Å². The number of non-ortho nitro benzene ring substituents is 1. The minimum Gasteiger partial charge on any atom is -0.364 e. The van der Waals surface area contributed by atoms with Crippen molar-refractivity contribution in [2.75, 3.05) is 4.90 Å². The van der Waals surface area contributed by atoms with Crippen molar-refractivity contribution in [2.24, 2.45) is 5.73 Å². The molecule has 0 aliphatic carbocycles. The van der Waals surface area contributed by atoms with E-state index in [-0.39, 0.29) is 16.7 Å². The first-order valence-electron chi connectivity index (χ1n) is 7.04. The van der Waals surface area contributed by atoms with Crippen LogP contribution in [-0.4, -0.2) is 23.0 Å². The van der Waals surface area contributed by atoms with Crippen LogP contribution in [0.4, 0.5) is 11.4 Å². The fourth-order valence-electron chi connectivity index (χ4n) is 3.63. The summed E-state index contributed by atoms with van der Waals surface area (Å²) in [6.07, 6.45) is 5.43. The molecule has 0 radical (unpaired) electrons. The lowest BCUT2D eigenvalue weighted by Gasteiger charge is -2.49. The number of fused-ring (bicyclic) bond motifs is 2. The molecule has 6 heteroatoms. The fraction of sp³-hybridized carbons (Fsp3) is 0.571. The number of nitro benzene ring substituents is 1. The fourth-order valence-corrected chi connectivity index (χ4v) is 4.08. The first kappa shape index (κ1) is 13.8. The highest BCUT2D eigenvalue weighted by atomic mass is 79.9. The van der Waals surface area contributed by atoms with Crippen molar-refractivity contribution in [3.8, 4) is 0 Å². The predicted octanol–water partition coefficient (Wildman–Crippen LogP) is 3.21. The van der Waals surface area contributed by atoms with Crippen LogP contribution in [0, 0.1) is 10.1 Å². The molecular weight excluding hydrogens is 322 g/mol. The van der Waals surface area contributed by atoms with Crippen LogP contribution in [0.3, 0.4) is 0 Å². The Morgan fingerprint density at radius 1 is 1.30 bits per heavy atom. The maximum absolute atomic E-state index is 11.0. The molecule has 108 valence electrons. The topological polar surface area (TPSA) is 72.4 Å². The number of anilines is 1. The van der Waals surface area contributed by atoms with Gasteiger partial charge in [0.05, 0.1) is 10.6 Å². The van der Waals surface area contributed by atoms with Crippen molar-refractivity contribution < 1.29 is 4.92 Å². The molecule has 1 aromatic rings. The largest absolute Gasteiger partial charge is 0.364 e. The molecule has 1 aromatic carbocycles. The molecule has 2 aliphatic rings. The second-order valence-electron chi connectivity index (χ2n) is 5.77. The van der Waals surface area contributed by atoms with Crippen LogP contribution < -0.4 is 10.6 Å². The van der Waals surface area contributed by atoms with E-state index in [9.17, 15) is 10.1 Å². The average Bonchev–Trinajstić information content (AvgIpc) is 2.38. The van der Waals surface area contributed by atoms with Crippen LogP contribution in [0.5, 0.6) is 0 Å². The first-order valence-corrected chi connectivity index (χ1v) is 7.83. The van der Waals surface area contributed by atoms with Crippen molar-refractivity contribution >= 4 is 27.3 Å². The van der Waals surface area contributed by atoms with E-state index in [4.69, 9.17) is 5.73 Å². The van der Waals surface area contributed by atoms with Gasteiger partial charge in [-0.2, -0.15) is 0 Å². The van der Waals surface area contributed by atoms with Gasteiger partial charge in [-0.1, -0.05) is 0 Å². The Morgan fingerprint density at radius 3 is 2.55 bits per heavy atom. The molecule has 0 amide bonds. The maximum Gasteiger partial charge on any atom is 0.271 e. The molecule has 2 saturated heterocycles. The lowest BCUT2D eigenvalue weighted by atomic mass is 9.81. The summed E-state index contributed by atoms with van der Waals surface area (Å²) >= 11 is 3.54. The van der Waals surface area contributed by atoms with Crippen molar-refractivity contribution in [3.05, 3.63) is 32.8 Å². The van der Waals surface area contributed by atoms with Gasteiger partial charge in [-0.05, 0) is 54.1 Å². The predicted molar refractivity (Wildman–Crippen MR) is 81.9 cm³/mol. The van der Waals surface area contributed by atoms with E-state index < -0.39 is 0 Å². The highest BCUT2D eigenvalue weighted by Crippen LogP contribution is 2.41. The molecule has 3 rings (SSSR count). The summed E-state index contributed by atoms with van der Waals surface area (Å²) in [7, 11) is 0. The maximum atomic E-state index is 11.0. The summed E-state index contributed by atoms with van der Waals surface area (Å²) < 4.78 is 0.926. The third-order valence-electron chi connectivity index (χ3n) is 4.43. The SMILES string of the molecule is NC1CC2CCCC(C1)N2c1cc([N+](=O)[O-])ccc1Br. The van der Waals surface area contributed by atoms with Crippen LogP contribution in [-0.2, 0) is 0 Å². The van der Waals surface area contributed by atoms with Crippen molar-refractivity contribution in [3.63, 3.8) is 0 Å². The molecular formula is C14H18BrN3O2. The number of nitrogens with two attached hydrogens (primary N) is 1. The summed E-state index contributed by atoms with van der Waals surface area (Å²) in [5.74, 6) is 0. The Balaban J connectivity index is 1.99. The molecule has 2 heterocycles. The van der Waals surface area contributed by atoms with Crippen LogP contribution in [0.25, 0.3) is 0 Å². The zero-order valence-corrected chi connectivity index (χ0v) is 12.8. The summed E-state index contributed by atoms with van der Waals surface area (Å²) in [4.78, 5) is 13.0. The summed E-state index contributed by atoms with van der Waals surface area (Å²) in [6, 6.07) is 6.09. The summed E-state index contributed by atoms with van der Waals surface area (Å²) in [6.45, 7) is 0. The van der Waals surface area contributed by atoms with E-state index in [1.807, 2.05) is 0 Å². The van der Waals surface area contributed by atoms with Crippen LogP contribution in [0.15, 0.2) is 22.7 Å². The highest BCUT2D eigenvalue weighted by Gasteiger charge is 2.38. The number of benzene rings is 1. The standard InChI is InChI=1S/C14H18BrN3O2/c15-13-5-4-12(18(19)20)8-14(13)17-10-2-1-3-11(17)7-9(16)6-10/h4-5,8-11H,1-3,6-7,16H2. The lowest BCUT2D eigenvalue weighted by molar-refractivity contribution is -0.384.